The maximum Gasteiger partial charge on any atom is 0.135 e. The minimum absolute atomic E-state index is 0.0197. The number of halogens is 1. The Morgan fingerprint density at radius 1 is 1.45 bits per heavy atom. The van der Waals surface area contributed by atoms with Crippen molar-refractivity contribution in [1.82, 2.24) is 9.78 Å². The monoisotopic (exact) mass is 274 g/mol. The van der Waals surface area contributed by atoms with Gasteiger partial charge in [-0.3, -0.25) is 4.68 Å². The van der Waals surface area contributed by atoms with Crippen molar-refractivity contribution < 1.29 is 14.2 Å². The molecule has 1 heterocycles. The largest absolute Gasteiger partial charge is 0.487 e. The molecule has 104 valence electrons. The Balaban J connectivity index is 2.12. The highest BCUT2D eigenvalue weighted by molar-refractivity contribution is 5.46. The van der Waals surface area contributed by atoms with E-state index in [-0.39, 0.29) is 12.4 Å². The van der Waals surface area contributed by atoms with Crippen LogP contribution in [-0.2, 0) is 13.7 Å². The lowest BCUT2D eigenvalue weighted by Crippen LogP contribution is -1.97. The van der Waals surface area contributed by atoms with E-state index in [2.05, 4.69) is 16.9 Å². The van der Waals surface area contributed by atoms with Crippen LogP contribution in [0.2, 0.25) is 0 Å². The topological polar surface area (TPSA) is 47.3 Å². The molecule has 2 rings (SSSR count). The van der Waals surface area contributed by atoms with Crippen molar-refractivity contribution in [3.63, 3.8) is 0 Å². The first-order valence-corrected chi connectivity index (χ1v) is 6.18. The Hall–Kier alpha value is -2.32. The van der Waals surface area contributed by atoms with Crippen molar-refractivity contribution in [3.05, 3.63) is 47.5 Å². The SMILES string of the molecule is Cn1cc(COc2ccc(F)cc2C#CCCO)cn1. The third kappa shape index (κ3) is 3.84. The number of aliphatic hydroxyl groups excluding tert-OH is 1. The lowest BCUT2D eigenvalue weighted by molar-refractivity contribution is 0.304. The van der Waals surface area contributed by atoms with Crippen LogP contribution in [0.15, 0.2) is 30.6 Å². The second kappa shape index (κ2) is 6.73. The molecule has 0 aliphatic rings. The Labute approximate surface area is 116 Å². The second-order valence-electron chi connectivity index (χ2n) is 4.23. The summed E-state index contributed by atoms with van der Waals surface area (Å²) in [5.41, 5.74) is 1.40. The van der Waals surface area contributed by atoms with Crippen molar-refractivity contribution in [1.29, 1.82) is 0 Å². The molecule has 5 heteroatoms. The van der Waals surface area contributed by atoms with Crippen LogP contribution in [0.3, 0.4) is 0 Å². The van der Waals surface area contributed by atoms with Gasteiger partial charge >= 0.3 is 0 Å². The second-order valence-corrected chi connectivity index (χ2v) is 4.23. The van der Waals surface area contributed by atoms with Gasteiger partial charge in [0.25, 0.3) is 0 Å². The number of aromatic nitrogens is 2. The zero-order valence-corrected chi connectivity index (χ0v) is 11.1. The van der Waals surface area contributed by atoms with Gasteiger partial charge in [-0.1, -0.05) is 11.8 Å². The van der Waals surface area contributed by atoms with Crippen molar-refractivity contribution in [2.75, 3.05) is 6.61 Å². The first-order valence-electron chi connectivity index (χ1n) is 6.18. The molecule has 0 aliphatic heterocycles. The maximum absolute atomic E-state index is 13.2. The van der Waals surface area contributed by atoms with Gasteiger partial charge in [0.2, 0.25) is 0 Å². The molecule has 4 nitrogen and oxygen atoms in total. The Morgan fingerprint density at radius 3 is 3.00 bits per heavy atom. The summed E-state index contributed by atoms with van der Waals surface area (Å²) >= 11 is 0. The predicted octanol–water partition coefficient (Wildman–Crippen LogP) is 1.87. The van der Waals surface area contributed by atoms with Crippen LogP contribution in [0, 0.1) is 17.7 Å². The van der Waals surface area contributed by atoms with E-state index >= 15 is 0 Å². The van der Waals surface area contributed by atoms with Gasteiger partial charge in [0.15, 0.2) is 0 Å². The number of benzene rings is 1. The first kappa shape index (κ1) is 14.1. The van der Waals surface area contributed by atoms with E-state index in [1.54, 1.807) is 16.9 Å². The Kier molecular flexibility index (Phi) is 4.75. The molecule has 0 spiro atoms. The summed E-state index contributed by atoms with van der Waals surface area (Å²) in [6, 6.07) is 4.20. The van der Waals surface area contributed by atoms with E-state index in [1.165, 1.54) is 12.1 Å². The first-order chi connectivity index (χ1) is 9.69. The van der Waals surface area contributed by atoms with E-state index in [0.29, 0.717) is 24.3 Å². The molecule has 0 amide bonds. The molecular formula is C15H15FN2O2. The fourth-order valence-electron chi connectivity index (χ4n) is 1.65. The third-order valence-corrected chi connectivity index (χ3v) is 2.55. The third-order valence-electron chi connectivity index (χ3n) is 2.55. The fraction of sp³-hybridized carbons (Fsp3) is 0.267. The summed E-state index contributed by atoms with van der Waals surface area (Å²) in [5.74, 6) is 5.70. The zero-order chi connectivity index (χ0) is 14.4. The van der Waals surface area contributed by atoms with Gasteiger partial charge in [-0.2, -0.15) is 5.10 Å². The Bertz CT molecular complexity index is 641. The molecule has 0 unspecified atom stereocenters. The van der Waals surface area contributed by atoms with Crippen LogP contribution in [-0.4, -0.2) is 21.5 Å². The van der Waals surface area contributed by atoms with Gasteiger partial charge in [0.1, 0.15) is 18.2 Å². The number of nitrogens with zero attached hydrogens (tertiary/aromatic N) is 2. The van der Waals surface area contributed by atoms with Crippen molar-refractivity contribution in [2.45, 2.75) is 13.0 Å². The normalized spacial score (nSPS) is 9.95. The number of ether oxygens (including phenoxy) is 1. The van der Waals surface area contributed by atoms with Crippen LogP contribution in [0.4, 0.5) is 4.39 Å². The zero-order valence-electron chi connectivity index (χ0n) is 11.1. The van der Waals surface area contributed by atoms with E-state index in [1.807, 2.05) is 13.2 Å². The Morgan fingerprint density at radius 2 is 2.30 bits per heavy atom. The molecular weight excluding hydrogens is 259 g/mol. The van der Waals surface area contributed by atoms with Crippen molar-refractivity contribution in [3.8, 4) is 17.6 Å². The molecule has 1 N–H and O–H groups in total. The number of aliphatic hydroxyl groups is 1. The highest BCUT2D eigenvalue weighted by Gasteiger charge is 2.04. The number of hydrogen-bond donors (Lipinski definition) is 1. The number of aryl methyl sites for hydroxylation is 1. The molecule has 1 aromatic heterocycles. The summed E-state index contributed by atoms with van der Waals surface area (Å²) in [5, 5.41) is 12.8. The van der Waals surface area contributed by atoms with Gasteiger partial charge < -0.3 is 9.84 Å². The summed E-state index contributed by atoms with van der Waals surface area (Å²) < 4.78 is 20.6. The van der Waals surface area contributed by atoms with E-state index in [9.17, 15) is 4.39 Å². The fourth-order valence-corrected chi connectivity index (χ4v) is 1.65. The smallest absolute Gasteiger partial charge is 0.135 e. The molecule has 1 aromatic carbocycles. The molecule has 0 fully saturated rings. The molecule has 0 atom stereocenters. The maximum atomic E-state index is 13.2. The van der Waals surface area contributed by atoms with Gasteiger partial charge in [0.05, 0.1) is 18.4 Å². The lowest BCUT2D eigenvalue weighted by Gasteiger charge is -2.07. The molecule has 2 aromatic rings. The summed E-state index contributed by atoms with van der Waals surface area (Å²) in [4.78, 5) is 0. The van der Waals surface area contributed by atoms with Crippen LogP contribution < -0.4 is 4.74 Å². The molecule has 0 saturated carbocycles. The van der Waals surface area contributed by atoms with Crippen molar-refractivity contribution >= 4 is 0 Å². The van der Waals surface area contributed by atoms with Gasteiger partial charge in [0, 0.05) is 25.2 Å². The minimum atomic E-state index is -0.368. The molecule has 0 saturated heterocycles. The van der Waals surface area contributed by atoms with Crippen LogP contribution in [0.5, 0.6) is 5.75 Å². The predicted molar refractivity (Wildman–Crippen MR) is 72.5 cm³/mol. The van der Waals surface area contributed by atoms with Crippen molar-refractivity contribution in [2.24, 2.45) is 7.05 Å². The van der Waals surface area contributed by atoms with Gasteiger partial charge in [-0.25, -0.2) is 4.39 Å². The molecule has 0 aliphatic carbocycles. The summed E-state index contributed by atoms with van der Waals surface area (Å²) in [6.07, 6.45) is 3.90. The molecule has 20 heavy (non-hydrogen) atoms. The number of rotatable bonds is 4. The lowest BCUT2D eigenvalue weighted by atomic mass is 10.2. The van der Waals surface area contributed by atoms with Gasteiger partial charge in [-0.15, -0.1) is 0 Å². The van der Waals surface area contributed by atoms with E-state index in [4.69, 9.17) is 9.84 Å². The summed E-state index contributed by atoms with van der Waals surface area (Å²) in [7, 11) is 1.83. The highest BCUT2D eigenvalue weighted by atomic mass is 19.1. The minimum Gasteiger partial charge on any atom is -0.487 e. The quantitative estimate of drug-likeness (QED) is 0.866. The van der Waals surface area contributed by atoms with Gasteiger partial charge in [-0.05, 0) is 18.2 Å². The van der Waals surface area contributed by atoms with Crippen LogP contribution in [0.25, 0.3) is 0 Å². The highest BCUT2D eigenvalue weighted by Crippen LogP contribution is 2.20. The molecule has 0 bridgehead atoms. The van der Waals surface area contributed by atoms with E-state index < -0.39 is 0 Å². The molecule has 0 radical (unpaired) electrons. The summed E-state index contributed by atoms with van der Waals surface area (Å²) in [6.45, 7) is 0.322. The van der Waals surface area contributed by atoms with Crippen LogP contribution >= 0.6 is 0 Å². The van der Waals surface area contributed by atoms with E-state index in [0.717, 1.165) is 5.56 Å². The average Bonchev–Trinajstić information content (AvgIpc) is 2.84. The van der Waals surface area contributed by atoms with Crippen LogP contribution in [0.1, 0.15) is 17.5 Å². The standard InChI is InChI=1S/C15H15FN2O2/c1-18-10-12(9-17-18)11-20-15-6-5-14(16)8-13(15)4-2-3-7-19/h5-6,8-10,19H,3,7,11H2,1H3. The number of hydrogen-bond acceptors (Lipinski definition) is 3. The average molecular weight is 274 g/mol.